The Morgan fingerprint density at radius 1 is 1.34 bits per heavy atom. The molecule has 2 bridgehead atoms. The molecule has 3 rings (SSSR count). The van der Waals surface area contributed by atoms with E-state index >= 15 is 0 Å². The molecular weight excluding hydrogens is 429 g/mol. The first-order chi connectivity index (χ1) is 13.7. The van der Waals surface area contributed by atoms with Crippen LogP contribution in [0.5, 0.6) is 0 Å². The van der Waals surface area contributed by atoms with Crippen molar-refractivity contribution in [1.82, 2.24) is 0 Å². The molecule has 0 radical (unpaired) electrons. The third kappa shape index (κ3) is 4.90. The van der Waals surface area contributed by atoms with Crippen molar-refractivity contribution in [3.63, 3.8) is 0 Å². The van der Waals surface area contributed by atoms with Crippen LogP contribution >= 0.6 is 0 Å². The van der Waals surface area contributed by atoms with E-state index in [2.05, 4.69) is 43.8 Å². The summed E-state index contributed by atoms with van der Waals surface area (Å²) in [7, 11) is 0. The van der Waals surface area contributed by atoms with Gasteiger partial charge < -0.3 is 0 Å². The molecule has 0 aromatic heterocycles. The number of benzene rings is 1. The first-order valence-electron chi connectivity index (χ1n) is 10.7. The second kappa shape index (κ2) is 9.24. The van der Waals surface area contributed by atoms with Crippen molar-refractivity contribution in [2.24, 2.45) is 26.6 Å². The normalized spacial score (nSPS) is 29.0. The van der Waals surface area contributed by atoms with Crippen molar-refractivity contribution >= 4 is 19.8 Å². The minimum atomic E-state index is -1.64. The van der Waals surface area contributed by atoms with Crippen LogP contribution in [-0.2, 0) is 11.3 Å². The molecule has 2 saturated carbocycles. The van der Waals surface area contributed by atoms with Crippen LogP contribution in [0.15, 0.2) is 46.4 Å². The first-order valence-corrected chi connectivity index (χ1v) is 13.9. The fourth-order valence-corrected chi connectivity index (χ4v) is 9.62. The molecule has 1 amide bonds. The van der Waals surface area contributed by atoms with Crippen molar-refractivity contribution in [2.45, 2.75) is 70.3 Å². The molecule has 2 fully saturated rings. The van der Waals surface area contributed by atoms with Gasteiger partial charge in [-0.2, -0.15) is 0 Å². The van der Waals surface area contributed by atoms with E-state index in [0.717, 1.165) is 29.0 Å². The van der Waals surface area contributed by atoms with Crippen molar-refractivity contribution in [2.75, 3.05) is 0 Å². The first kappa shape index (κ1) is 22.4. The Labute approximate surface area is 179 Å². The fourth-order valence-electron chi connectivity index (χ4n) is 5.09. The van der Waals surface area contributed by atoms with Gasteiger partial charge >= 0.3 is 179 Å². The van der Waals surface area contributed by atoms with E-state index in [1.165, 1.54) is 6.42 Å². The van der Waals surface area contributed by atoms with Gasteiger partial charge in [-0.05, 0) is 0 Å². The molecule has 0 spiro atoms. The summed E-state index contributed by atoms with van der Waals surface area (Å²) in [6.07, 6.45) is 6.78. The third-order valence-corrected chi connectivity index (χ3v) is 10.9. The van der Waals surface area contributed by atoms with Crippen LogP contribution in [-0.4, -0.2) is 31.0 Å². The minimum absolute atomic E-state index is 0.1000. The monoisotopic (exact) mass is 465 g/mol. The Balaban J connectivity index is 1.75. The summed E-state index contributed by atoms with van der Waals surface area (Å²) in [4.78, 5) is 12.5. The predicted octanol–water partition coefficient (Wildman–Crippen LogP) is 5.98. The predicted molar refractivity (Wildman–Crippen MR) is 118 cm³/mol. The van der Waals surface area contributed by atoms with Gasteiger partial charge in [0.25, 0.3) is 0 Å². The van der Waals surface area contributed by atoms with Crippen LogP contribution in [0.1, 0.15) is 52.5 Å². The number of ether oxygens (including phenoxy) is 1. The number of allylic oxidation sites excluding steroid dienone is 2. The molecule has 5 heteroatoms. The Hall–Kier alpha value is -1.29. The maximum atomic E-state index is 12.5. The quantitative estimate of drug-likeness (QED) is 0.399. The van der Waals surface area contributed by atoms with Crippen LogP contribution in [0.25, 0.3) is 0 Å². The molecule has 0 saturated heterocycles. The van der Waals surface area contributed by atoms with Crippen molar-refractivity contribution in [3.8, 4) is 0 Å². The topological polar surface area (TPSA) is 58.9 Å². The number of aliphatic hydroxyl groups excluding tert-OH is 1. The summed E-state index contributed by atoms with van der Waals surface area (Å²) < 4.78 is 10.0. The molecule has 0 heterocycles. The number of aliphatic hydroxyl groups is 1. The molecule has 4 nitrogen and oxygen atoms in total. The van der Waals surface area contributed by atoms with Crippen molar-refractivity contribution < 1.29 is 14.6 Å². The van der Waals surface area contributed by atoms with Gasteiger partial charge in [0.05, 0.1) is 0 Å². The second-order valence-corrected chi connectivity index (χ2v) is 13.1. The number of fused-ring (bicyclic) bond motifs is 2. The number of amides is 1. The second-order valence-electron chi connectivity index (χ2n) is 9.44. The van der Waals surface area contributed by atoms with Gasteiger partial charge in [0.1, 0.15) is 0 Å². The summed E-state index contributed by atoms with van der Waals surface area (Å²) in [6.45, 7) is 9.18. The molecule has 4 atom stereocenters. The van der Waals surface area contributed by atoms with Gasteiger partial charge in [-0.15, -0.1) is 0 Å². The van der Waals surface area contributed by atoms with Crippen LogP contribution in [0, 0.1) is 22.7 Å². The zero-order valence-corrected chi connectivity index (χ0v) is 19.8. The van der Waals surface area contributed by atoms with E-state index in [-0.39, 0.29) is 23.5 Å². The van der Waals surface area contributed by atoms with Gasteiger partial charge in [-0.3, -0.25) is 0 Å². The van der Waals surface area contributed by atoms with E-state index in [1.54, 1.807) is 0 Å². The summed E-state index contributed by atoms with van der Waals surface area (Å²) in [5, 5.41) is 12.6. The molecule has 0 aliphatic heterocycles. The average Bonchev–Trinajstić information content (AvgIpc) is 3.01. The third-order valence-electron chi connectivity index (χ3n) is 7.03. The summed E-state index contributed by atoms with van der Waals surface area (Å²) in [5.74, 6) is 1.07. The number of carbonyl (C=O) groups is 1. The van der Waals surface area contributed by atoms with Gasteiger partial charge in [0.15, 0.2) is 0 Å². The maximum absolute atomic E-state index is 12.5. The molecule has 1 aromatic rings. The molecule has 2 aliphatic carbocycles. The molecule has 1 N–H and O–H groups in total. The zero-order valence-electron chi connectivity index (χ0n) is 18.1. The number of rotatable bonds is 7. The van der Waals surface area contributed by atoms with E-state index in [9.17, 15) is 9.90 Å². The van der Waals surface area contributed by atoms with Crippen LogP contribution in [0.2, 0.25) is 10.6 Å². The van der Waals surface area contributed by atoms with Crippen molar-refractivity contribution in [3.05, 3.63) is 48.0 Å². The van der Waals surface area contributed by atoms with Gasteiger partial charge in [0, 0.05) is 0 Å². The summed E-state index contributed by atoms with van der Waals surface area (Å²) in [6, 6.07) is 9.71. The molecule has 2 aliphatic rings. The van der Waals surface area contributed by atoms with E-state index < -0.39 is 19.8 Å². The summed E-state index contributed by atoms with van der Waals surface area (Å²) >= 11 is -1.64. The van der Waals surface area contributed by atoms with E-state index in [1.807, 2.05) is 30.3 Å². The molecular formula is C24H35NO3Se. The molecule has 1 aromatic carbocycles. The number of hydrogen-bond donors (Lipinski definition) is 1. The van der Waals surface area contributed by atoms with Crippen LogP contribution in [0.3, 0.4) is 0 Å². The SMILES string of the molecule is CC(C)/C=C/C/[Se](C[C@]12CC[C@H](C[C@H]1O)C2(C)C)=N\C(=O)OCc1ccccc1. The van der Waals surface area contributed by atoms with Crippen LogP contribution < -0.4 is 0 Å². The van der Waals surface area contributed by atoms with Gasteiger partial charge in [-0.25, -0.2) is 0 Å². The average molecular weight is 465 g/mol. The van der Waals surface area contributed by atoms with Gasteiger partial charge in [0.2, 0.25) is 0 Å². The fraction of sp³-hybridized carbons (Fsp3) is 0.625. The number of nitrogens with zero attached hydrogens (tertiary/aromatic N) is 1. The Morgan fingerprint density at radius 3 is 2.66 bits per heavy atom. The molecule has 29 heavy (non-hydrogen) atoms. The van der Waals surface area contributed by atoms with Crippen LogP contribution in [0.4, 0.5) is 4.79 Å². The van der Waals surface area contributed by atoms with Gasteiger partial charge in [-0.1, -0.05) is 0 Å². The number of carbonyl (C=O) groups excluding carboxylic acids is 1. The molecule has 1 unspecified atom stereocenters. The molecule has 160 valence electrons. The Bertz CT molecular complexity index is 772. The number of hydrogen-bond acceptors (Lipinski definition) is 3. The zero-order chi connectivity index (χ0) is 21.1. The van der Waals surface area contributed by atoms with Crippen molar-refractivity contribution in [1.29, 1.82) is 0 Å². The van der Waals surface area contributed by atoms with E-state index in [4.69, 9.17) is 4.74 Å². The van der Waals surface area contributed by atoms with E-state index in [0.29, 0.717) is 11.8 Å². The Kier molecular flexibility index (Phi) is 7.14. The standard InChI is InChI=1S/C24H35NO3Se/c1-18(2)9-8-14-29(25-22(27)28-16-19-10-6-5-7-11-19)17-24-13-12-20(15-21(24)26)23(24,3)4/h5-11,18,20-21,26H,12-17H2,1-4H3/b9-8+/t20-,21-,24-,29?/m1/s1. The summed E-state index contributed by atoms with van der Waals surface area (Å²) in [5.41, 5.74) is 0.980. The Morgan fingerprint density at radius 2 is 2.07 bits per heavy atom.